The summed E-state index contributed by atoms with van der Waals surface area (Å²) in [6.07, 6.45) is 4.77. The molecule has 1 saturated carbocycles. The first-order valence-electron chi connectivity index (χ1n) is 11.4. The van der Waals surface area contributed by atoms with Gasteiger partial charge in [-0.3, -0.25) is 4.79 Å². The van der Waals surface area contributed by atoms with E-state index in [-0.39, 0.29) is 23.1 Å². The Morgan fingerprint density at radius 1 is 0.914 bits per heavy atom. The van der Waals surface area contributed by atoms with E-state index >= 15 is 0 Å². The molecular weight excluding hydrogens is 483 g/mol. The van der Waals surface area contributed by atoms with Crippen molar-refractivity contribution in [2.45, 2.75) is 25.3 Å². The molecule has 0 spiro atoms. The van der Waals surface area contributed by atoms with Crippen molar-refractivity contribution in [1.82, 2.24) is 5.01 Å². The van der Waals surface area contributed by atoms with Gasteiger partial charge < -0.3 is 5.11 Å². The Bertz CT molecular complexity index is 1350. The molecule has 5 nitrogen and oxygen atoms in total. The van der Waals surface area contributed by atoms with Crippen LogP contribution in [-0.2, 0) is 0 Å². The van der Waals surface area contributed by atoms with Crippen LogP contribution in [-0.4, -0.2) is 27.7 Å². The first-order valence-corrected chi connectivity index (χ1v) is 12.1. The molecule has 2 aliphatic rings. The number of allylic oxidation sites excluding steroid dienone is 1. The summed E-state index contributed by atoms with van der Waals surface area (Å²) in [5.41, 5.74) is 3.94. The lowest BCUT2D eigenvalue weighted by molar-refractivity contribution is 0.0646. The molecule has 2 atom stereocenters. The van der Waals surface area contributed by atoms with Crippen LogP contribution in [0.4, 0.5) is 0 Å². The minimum atomic E-state index is -1.15. The van der Waals surface area contributed by atoms with Crippen LogP contribution >= 0.6 is 23.2 Å². The standard InChI is InChI=1S/C28H22Cl2N2O3/c29-20-12-8-17(9-13-20)16-19-4-3-7-24-25(19)31-32(26(24)18-10-14-21(30)15-11-18)27(33)22-5-1-2-6-23(22)28(34)35/h1-2,5-6,8-16,24,26H,3-4,7H2,(H,34,35)/b19-16-/t24-,26+/m0/s1. The number of carbonyl (C=O) groups is 2. The summed E-state index contributed by atoms with van der Waals surface area (Å²) >= 11 is 12.2. The highest BCUT2D eigenvalue weighted by atomic mass is 35.5. The molecule has 3 aromatic carbocycles. The van der Waals surface area contributed by atoms with Crippen molar-refractivity contribution < 1.29 is 14.7 Å². The van der Waals surface area contributed by atoms with Gasteiger partial charge in [-0.15, -0.1) is 0 Å². The number of aromatic carboxylic acids is 1. The second-order valence-corrected chi connectivity index (χ2v) is 9.57. The van der Waals surface area contributed by atoms with Crippen LogP contribution in [0.15, 0.2) is 83.5 Å². The van der Waals surface area contributed by atoms with E-state index in [0.717, 1.165) is 41.7 Å². The third-order valence-electron chi connectivity index (χ3n) is 6.52. The van der Waals surface area contributed by atoms with Crippen LogP contribution in [0, 0.1) is 5.92 Å². The summed E-state index contributed by atoms with van der Waals surface area (Å²) in [5.74, 6) is -1.59. The van der Waals surface area contributed by atoms with E-state index in [4.69, 9.17) is 28.3 Å². The Hall–Kier alpha value is -3.41. The molecular formula is C28H22Cl2N2O3. The second-order valence-electron chi connectivity index (χ2n) is 8.70. The molecule has 1 aliphatic heterocycles. The fourth-order valence-corrected chi connectivity index (χ4v) is 5.15. The van der Waals surface area contributed by atoms with Gasteiger partial charge in [0.25, 0.3) is 5.91 Å². The normalized spacial score (nSPS) is 20.5. The van der Waals surface area contributed by atoms with Crippen LogP contribution in [0.5, 0.6) is 0 Å². The number of carboxylic acid groups (broad SMARTS) is 1. The minimum absolute atomic E-state index is 0.00980. The number of fused-ring (bicyclic) bond motifs is 1. The van der Waals surface area contributed by atoms with Gasteiger partial charge in [-0.05, 0) is 78.4 Å². The first-order chi connectivity index (χ1) is 16.9. The van der Waals surface area contributed by atoms with E-state index in [9.17, 15) is 14.7 Å². The summed E-state index contributed by atoms with van der Waals surface area (Å²) in [7, 11) is 0. The zero-order valence-corrected chi connectivity index (χ0v) is 20.2. The highest BCUT2D eigenvalue weighted by molar-refractivity contribution is 6.30. The summed E-state index contributed by atoms with van der Waals surface area (Å²) in [4.78, 5) is 25.6. The van der Waals surface area contributed by atoms with Crippen molar-refractivity contribution in [2.24, 2.45) is 11.0 Å². The van der Waals surface area contributed by atoms with E-state index in [1.807, 2.05) is 36.4 Å². The third-order valence-corrected chi connectivity index (χ3v) is 7.02. The fourth-order valence-electron chi connectivity index (χ4n) is 4.90. The van der Waals surface area contributed by atoms with Crippen LogP contribution in [0.3, 0.4) is 0 Å². The fraction of sp³-hybridized carbons (Fsp3) is 0.179. The average Bonchev–Trinajstić information content (AvgIpc) is 3.26. The van der Waals surface area contributed by atoms with Crippen molar-refractivity contribution >= 4 is 46.9 Å². The molecule has 0 bridgehead atoms. The van der Waals surface area contributed by atoms with E-state index in [0.29, 0.717) is 10.0 Å². The van der Waals surface area contributed by atoms with Gasteiger partial charge in [-0.1, -0.05) is 59.6 Å². The van der Waals surface area contributed by atoms with Gasteiger partial charge in [0.15, 0.2) is 0 Å². The smallest absolute Gasteiger partial charge is 0.336 e. The Kier molecular flexibility index (Phi) is 6.46. The number of benzene rings is 3. The summed E-state index contributed by atoms with van der Waals surface area (Å²) in [6.45, 7) is 0. The topological polar surface area (TPSA) is 70.0 Å². The van der Waals surface area contributed by atoms with Crippen LogP contribution < -0.4 is 0 Å². The van der Waals surface area contributed by atoms with Crippen LogP contribution in [0.1, 0.15) is 57.1 Å². The van der Waals surface area contributed by atoms with Gasteiger partial charge in [0, 0.05) is 16.0 Å². The lowest BCUT2D eigenvalue weighted by Gasteiger charge is -2.30. The van der Waals surface area contributed by atoms with E-state index in [2.05, 4.69) is 6.08 Å². The Labute approximate surface area is 213 Å². The van der Waals surface area contributed by atoms with Gasteiger partial charge in [-0.2, -0.15) is 5.10 Å². The van der Waals surface area contributed by atoms with Crippen LogP contribution in [0.2, 0.25) is 10.0 Å². The number of halogens is 2. The maximum absolute atomic E-state index is 13.8. The van der Waals surface area contributed by atoms with Crippen molar-refractivity contribution in [3.8, 4) is 0 Å². The molecule has 1 aliphatic carbocycles. The molecule has 35 heavy (non-hydrogen) atoms. The number of carbonyl (C=O) groups excluding carboxylic acids is 1. The molecule has 3 aromatic rings. The quantitative estimate of drug-likeness (QED) is 0.410. The summed E-state index contributed by atoms with van der Waals surface area (Å²) < 4.78 is 0. The predicted octanol–water partition coefficient (Wildman–Crippen LogP) is 7.13. The van der Waals surface area contributed by atoms with Crippen molar-refractivity contribution in [3.05, 3.63) is 111 Å². The molecule has 1 fully saturated rings. The molecule has 0 unspecified atom stereocenters. The van der Waals surface area contributed by atoms with E-state index in [1.165, 1.54) is 17.1 Å². The first kappa shape index (κ1) is 23.3. The van der Waals surface area contributed by atoms with E-state index < -0.39 is 11.9 Å². The molecule has 1 amide bonds. The van der Waals surface area contributed by atoms with Gasteiger partial charge in [0.05, 0.1) is 22.9 Å². The van der Waals surface area contributed by atoms with Crippen molar-refractivity contribution in [3.63, 3.8) is 0 Å². The second kappa shape index (κ2) is 9.68. The molecule has 1 N–H and O–H groups in total. The largest absolute Gasteiger partial charge is 0.478 e. The van der Waals surface area contributed by atoms with Crippen LogP contribution in [0.25, 0.3) is 6.08 Å². The highest BCUT2D eigenvalue weighted by Crippen LogP contribution is 2.45. The lowest BCUT2D eigenvalue weighted by Crippen LogP contribution is -2.32. The number of carboxylic acids is 1. The van der Waals surface area contributed by atoms with Crippen molar-refractivity contribution in [2.75, 3.05) is 0 Å². The SMILES string of the molecule is O=C(O)c1ccccc1C(=O)N1N=C2/C(=C\c3ccc(Cl)cc3)CCC[C@@H]2[C@H]1c1ccc(Cl)cc1. The number of hydrogen-bond donors (Lipinski definition) is 1. The monoisotopic (exact) mass is 504 g/mol. The Morgan fingerprint density at radius 2 is 1.54 bits per heavy atom. The van der Waals surface area contributed by atoms with Gasteiger partial charge >= 0.3 is 5.97 Å². The number of nitrogens with zero attached hydrogens (tertiary/aromatic N) is 2. The number of hydrazone groups is 1. The maximum atomic E-state index is 13.8. The van der Waals surface area contributed by atoms with Gasteiger partial charge in [0.1, 0.15) is 0 Å². The lowest BCUT2D eigenvalue weighted by atomic mass is 9.77. The Morgan fingerprint density at radius 3 is 2.20 bits per heavy atom. The van der Waals surface area contributed by atoms with E-state index in [1.54, 1.807) is 24.3 Å². The zero-order chi connectivity index (χ0) is 24.5. The molecule has 5 rings (SSSR count). The Balaban J connectivity index is 1.60. The number of hydrogen-bond acceptors (Lipinski definition) is 3. The molecule has 7 heteroatoms. The number of amides is 1. The number of rotatable bonds is 4. The maximum Gasteiger partial charge on any atom is 0.336 e. The predicted molar refractivity (Wildman–Crippen MR) is 138 cm³/mol. The minimum Gasteiger partial charge on any atom is -0.478 e. The zero-order valence-electron chi connectivity index (χ0n) is 18.7. The highest BCUT2D eigenvalue weighted by Gasteiger charge is 2.44. The van der Waals surface area contributed by atoms with Crippen molar-refractivity contribution in [1.29, 1.82) is 0 Å². The van der Waals surface area contributed by atoms with Gasteiger partial charge in [0.2, 0.25) is 0 Å². The third kappa shape index (κ3) is 4.62. The average molecular weight is 505 g/mol. The molecule has 0 saturated heterocycles. The molecule has 176 valence electrons. The molecule has 0 aromatic heterocycles. The molecule has 0 radical (unpaired) electrons. The van der Waals surface area contributed by atoms with Gasteiger partial charge in [-0.25, -0.2) is 9.80 Å². The molecule has 1 heterocycles. The summed E-state index contributed by atoms with van der Waals surface area (Å²) in [5, 5.41) is 17.2. The summed E-state index contributed by atoms with van der Waals surface area (Å²) in [6, 6.07) is 20.9.